The molecule has 0 atom stereocenters. The number of aromatic nitrogens is 2. The van der Waals surface area contributed by atoms with Gasteiger partial charge in [-0.05, 0) is 32.3 Å². The van der Waals surface area contributed by atoms with E-state index in [2.05, 4.69) is 41.6 Å². The Morgan fingerprint density at radius 1 is 1.12 bits per heavy atom. The van der Waals surface area contributed by atoms with E-state index in [1.54, 1.807) is 0 Å². The van der Waals surface area contributed by atoms with Gasteiger partial charge in [0.1, 0.15) is 10.7 Å². The Morgan fingerprint density at radius 3 is 2.38 bits per heavy atom. The largest absolute Gasteiger partial charge is 0.280 e. The number of rotatable bonds is 2. The average Bonchev–Trinajstić information content (AvgIpc) is 3.28. The molecule has 0 radical (unpaired) electrons. The van der Waals surface area contributed by atoms with Crippen LogP contribution in [0.25, 0.3) is 10.2 Å². The van der Waals surface area contributed by atoms with E-state index < -0.39 is 0 Å². The highest BCUT2D eigenvalue weighted by molar-refractivity contribution is 7.20. The molecule has 0 bridgehead atoms. The van der Waals surface area contributed by atoms with Crippen LogP contribution >= 0.6 is 11.3 Å². The van der Waals surface area contributed by atoms with Gasteiger partial charge in [-0.2, -0.15) is 0 Å². The summed E-state index contributed by atoms with van der Waals surface area (Å²) < 4.78 is 0. The maximum atomic E-state index is 12.4. The van der Waals surface area contributed by atoms with E-state index in [1.807, 2.05) is 13.8 Å². The molecule has 1 saturated carbocycles. The molecule has 0 aromatic carbocycles. The summed E-state index contributed by atoms with van der Waals surface area (Å²) in [5.41, 5.74) is 6.58. The molecule has 0 unspecified atom stereocenters. The molecule has 0 spiro atoms. The second kappa shape index (κ2) is 5.81. The predicted molar refractivity (Wildman–Crippen MR) is 93.9 cm³/mol. The first-order chi connectivity index (χ1) is 11.2. The molecule has 3 rings (SSSR count). The van der Waals surface area contributed by atoms with Crippen molar-refractivity contribution in [2.75, 3.05) is 0 Å². The van der Waals surface area contributed by atoms with Gasteiger partial charge in [-0.25, -0.2) is 9.97 Å². The Labute approximate surface area is 145 Å². The van der Waals surface area contributed by atoms with Crippen molar-refractivity contribution in [2.45, 2.75) is 52.9 Å². The van der Waals surface area contributed by atoms with E-state index in [0.29, 0.717) is 4.88 Å². The Kier molecular flexibility index (Phi) is 4.07. The molecule has 1 aliphatic carbocycles. The van der Waals surface area contributed by atoms with Crippen LogP contribution in [0.4, 0.5) is 0 Å². The topological polar surface area (TPSA) is 84.0 Å². The number of carbonyl (C=O) groups is 2. The first-order valence-electron chi connectivity index (χ1n) is 8.07. The van der Waals surface area contributed by atoms with Crippen molar-refractivity contribution in [1.29, 1.82) is 0 Å². The van der Waals surface area contributed by atoms with Crippen LogP contribution in [-0.4, -0.2) is 21.8 Å². The van der Waals surface area contributed by atoms with E-state index >= 15 is 0 Å². The lowest BCUT2D eigenvalue weighted by Crippen LogP contribution is -2.42. The van der Waals surface area contributed by atoms with Crippen molar-refractivity contribution < 1.29 is 9.59 Å². The molecule has 24 heavy (non-hydrogen) atoms. The molecule has 1 aliphatic rings. The number of thiophene rings is 1. The van der Waals surface area contributed by atoms with E-state index in [9.17, 15) is 9.59 Å². The molecule has 0 aliphatic heterocycles. The van der Waals surface area contributed by atoms with Gasteiger partial charge in [-0.1, -0.05) is 20.8 Å². The summed E-state index contributed by atoms with van der Waals surface area (Å²) in [6.07, 6.45) is 1.79. The molecule has 2 amide bonds. The summed E-state index contributed by atoms with van der Waals surface area (Å²) in [5.74, 6) is 0.397. The van der Waals surface area contributed by atoms with Crippen molar-refractivity contribution in [2.24, 2.45) is 5.92 Å². The van der Waals surface area contributed by atoms with Gasteiger partial charge in [0.15, 0.2) is 0 Å². The molecule has 1 fully saturated rings. The third-order valence-electron chi connectivity index (χ3n) is 4.10. The SMILES string of the molecule is Cc1nc(C(C)(C)C)nc2sc(C(=O)NNC(=O)C3CC3)c(C)c12. The Balaban J connectivity index is 1.91. The van der Waals surface area contributed by atoms with Crippen LogP contribution in [-0.2, 0) is 10.2 Å². The fraction of sp³-hybridized carbons (Fsp3) is 0.529. The smallest absolute Gasteiger partial charge is 0.273 e. The molecular formula is C17H22N4O2S. The minimum absolute atomic E-state index is 0.0521. The molecular weight excluding hydrogens is 324 g/mol. The van der Waals surface area contributed by atoms with Gasteiger partial charge in [0.05, 0.1) is 10.6 Å². The second-order valence-electron chi connectivity index (χ2n) is 7.34. The highest BCUT2D eigenvalue weighted by Gasteiger charge is 2.30. The Bertz CT molecular complexity index is 831. The number of hydrogen-bond acceptors (Lipinski definition) is 5. The maximum absolute atomic E-state index is 12.4. The fourth-order valence-corrected chi connectivity index (χ4v) is 3.64. The van der Waals surface area contributed by atoms with Crippen molar-refractivity contribution in [3.63, 3.8) is 0 Å². The maximum Gasteiger partial charge on any atom is 0.280 e. The van der Waals surface area contributed by atoms with Gasteiger partial charge in [0.25, 0.3) is 5.91 Å². The number of hydrazine groups is 1. The highest BCUT2D eigenvalue weighted by Crippen LogP contribution is 2.33. The zero-order valence-electron chi connectivity index (χ0n) is 14.6. The molecule has 2 N–H and O–H groups in total. The monoisotopic (exact) mass is 346 g/mol. The van der Waals surface area contributed by atoms with Gasteiger partial charge < -0.3 is 0 Å². The van der Waals surface area contributed by atoms with Crippen LogP contribution in [0.1, 0.15) is 60.4 Å². The van der Waals surface area contributed by atoms with E-state index in [0.717, 1.165) is 40.1 Å². The standard InChI is InChI=1S/C17H22N4O2S/c1-8-11-9(2)18-16(17(3,4)5)19-15(11)24-12(8)14(23)21-20-13(22)10-6-7-10/h10H,6-7H2,1-5H3,(H,20,22)(H,21,23). The minimum Gasteiger partial charge on any atom is -0.273 e. The third kappa shape index (κ3) is 3.13. The van der Waals surface area contributed by atoms with E-state index in [-0.39, 0.29) is 23.1 Å². The number of amides is 2. The van der Waals surface area contributed by atoms with Crippen LogP contribution in [0.3, 0.4) is 0 Å². The lowest BCUT2D eigenvalue weighted by Gasteiger charge is -2.16. The van der Waals surface area contributed by atoms with Gasteiger partial charge in [0.2, 0.25) is 5.91 Å². The molecule has 0 saturated heterocycles. The molecule has 2 aromatic rings. The molecule has 128 valence electrons. The van der Waals surface area contributed by atoms with Gasteiger partial charge in [-0.15, -0.1) is 11.3 Å². The van der Waals surface area contributed by atoms with Crippen LogP contribution < -0.4 is 10.9 Å². The first kappa shape index (κ1) is 16.8. The van der Waals surface area contributed by atoms with Crippen molar-refractivity contribution in [1.82, 2.24) is 20.8 Å². The van der Waals surface area contributed by atoms with Crippen molar-refractivity contribution in [3.05, 3.63) is 22.0 Å². The predicted octanol–water partition coefficient (Wildman–Crippen LogP) is 2.78. The second-order valence-corrected chi connectivity index (χ2v) is 8.34. The van der Waals surface area contributed by atoms with Gasteiger partial charge >= 0.3 is 0 Å². The summed E-state index contributed by atoms with van der Waals surface area (Å²) >= 11 is 1.34. The third-order valence-corrected chi connectivity index (χ3v) is 5.28. The molecule has 6 nitrogen and oxygen atoms in total. The summed E-state index contributed by atoms with van der Waals surface area (Å²) in [7, 11) is 0. The lowest BCUT2D eigenvalue weighted by atomic mass is 9.95. The molecule has 7 heteroatoms. The quantitative estimate of drug-likeness (QED) is 0.819. The van der Waals surface area contributed by atoms with Gasteiger partial charge in [0, 0.05) is 16.7 Å². The number of carbonyl (C=O) groups excluding carboxylic acids is 2. The number of nitrogens with one attached hydrogen (secondary N) is 2. The average molecular weight is 346 g/mol. The summed E-state index contributed by atoms with van der Waals surface area (Å²) in [5, 5.41) is 0.923. The van der Waals surface area contributed by atoms with Gasteiger partial charge in [-0.3, -0.25) is 20.4 Å². The minimum atomic E-state index is -0.304. The van der Waals surface area contributed by atoms with Crippen LogP contribution in [0.5, 0.6) is 0 Å². The fourth-order valence-electron chi connectivity index (χ4n) is 2.51. The van der Waals surface area contributed by atoms with E-state index in [1.165, 1.54) is 11.3 Å². The zero-order chi connectivity index (χ0) is 17.6. The summed E-state index contributed by atoms with van der Waals surface area (Å²) in [6, 6.07) is 0. The Hall–Kier alpha value is -2.02. The van der Waals surface area contributed by atoms with Crippen LogP contribution in [0.2, 0.25) is 0 Å². The van der Waals surface area contributed by atoms with E-state index in [4.69, 9.17) is 0 Å². The normalized spacial score (nSPS) is 14.7. The lowest BCUT2D eigenvalue weighted by molar-refractivity contribution is -0.123. The van der Waals surface area contributed by atoms with Crippen molar-refractivity contribution >= 4 is 33.4 Å². The first-order valence-corrected chi connectivity index (χ1v) is 8.88. The van der Waals surface area contributed by atoms with Crippen LogP contribution in [0.15, 0.2) is 0 Å². The Morgan fingerprint density at radius 2 is 1.79 bits per heavy atom. The summed E-state index contributed by atoms with van der Waals surface area (Å²) in [6.45, 7) is 10.0. The number of fused-ring (bicyclic) bond motifs is 1. The summed E-state index contributed by atoms with van der Waals surface area (Å²) in [4.78, 5) is 34.7. The van der Waals surface area contributed by atoms with Crippen molar-refractivity contribution in [3.8, 4) is 0 Å². The van der Waals surface area contributed by atoms with Crippen LogP contribution in [0, 0.1) is 19.8 Å². The number of hydrogen-bond donors (Lipinski definition) is 2. The highest BCUT2D eigenvalue weighted by atomic mass is 32.1. The number of nitrogens with zero attached hydrogens (tertiary/aromatic N) is 2. The zero-order valence-corrected chi connectivity index (χ0v) is 15.4. The molecule has 2 heterocycles. The number of aryl methyl sites for hydroxylation is 2. The molecule has 2 aromatic heterocycles.